The maximum absolute atomic E-state index is 10.9. The van der Waals surface area contributed by atoms with Gasteiger partial charge in [0.05, 0.1) is 12.0 Å². The first kappa shape index (κ1) is 17.0. The van der Waals surface area contributed by atoms with Crippen LogP contribution in [0, 0.1) is 17.0 Å². The van der Waals surface area contributed by atoms with Crippen molar-refractivity contribution in [3.05, 3.63) is 52.2 Å². The van der Waals surface area contributed by atoms with Gasteiger partial charge in [-0.15, -0.1) is 0 Å². The van der Waals surface area contributed by atoms with Crippen molar-refractivity contribution in [3.8, 4) is 5.75 Å². The summed E-state index contributed by atoms with van der Waals surface area (Å²) >= 11 is 0. The fourth-order valence-electron chi connectivity index (χ4n) is 3.10. The third-order valence-electron chi connectivity index (χ3n) is 4.56. The number of nitrogens with zero attached hydrogens (tertiary/aromatic N) is 3. The monoisotopic (exact) mass is 342 g/mol. The highest BCUT2D eigenvalue weighted by atomic mass is 16.6. The molecule has 0 saturated carbocycles. The molecule has 2 heterocycles. The maximum Gasteiger partial charge on any atom is 0.290 e. The Bertz CT molecular complexity index is 740. The number of piperidine rings is 1. The summed E-state index contributed by atoms with van der Waals surface area (Å²) in [7, 11) is 1.67. The average Bonchev–Trinajstić information content (AvgIpc) is 2.62. The first-order valence-corrected chi connectivity index (χ1v) is 8.33. The van der Waals surface area contributed by atoms with Crippen LogP contribution in [0.3, 0.4) is 0 Å². The molecule has 25 heavy (non-hydrogen) atoms. The van der Waals surface area contributed by atoms with Gasteiger partial charge in [-0.3, -0.25) is 10.1 Å². The number of aryl methyl sites for hydroxylation is 1. The van der Waals surface area contributed by atoms with Crippen molar-refractivity contribution in [1.82, 2.24) is 4.98 Å². The zero-order valence-corrected chi connectivity index (χ0v) is 14.4. The number of hydrogen-bond donors (Lipinski definition) is 1. The van der Waals surface area contributed by atoms with Gasteiger partial charge >= 0.3 is 0 Å². The molecule has 1 saturated heterocycles. The third kappa shape index (κ3) is 3.99. The number of nitrogens with one attached hydrogen (secondary N) is 1. The van der Waals surface area contributed by atoms with E-state index in [1.807, 2.05) is 12.1 Å². The number of pyridine rings is 1. The van der Waals surface area contributed by atoms with Gasteiger partial charge in [0, 0.05) is 30.4 Å². The summed E-state index contributed by atoms with van der Waals surface area (Å²) in [5.74, 6) is 1.56. The Balaban J connectivity index is 1.57. The van der Waals surface area contributed by atoms with E-state index in [9.17, 15) is 10.1 Å². The van der Waals surface area contributed by atoms with Crippen LogP contribution in [-0.2, 0) is 0 Å². The summed E-state index contributed by atoms with van der Waals surface area (Å²) in [5.41, 5.74) is 1.88. The molecule has 1 aliphatic rings. The molecule has 7 nitrogen and oxygen atoms in total. The Labute approximate surface area is 146 Å². The molecule has 0 bridgehead atoms. The minimum atomic E-state index is -0.403. The van der Waals surface area contributed by atoms with E-state index in [4.69, 9.17) is 4.74 Å². The lowest BCUT2D eigenvalue weighted by atomic mass is 10.0. The summed E-state index contributed by atoms with van der Waals surface area (Å²) in [6.45, 7) is 3.64. The molecular weight excluding hydrogens is 320 g/mol. The molecule has 0 spiro atoms. The SMILES string of the molecule is COc1ccc(N2CCC(Nc3cc(C)c([N+](=O)[O-])cn3)CC2)cc1. The quantitative estimate of drug-likeness (QED) is 0.663. The normalized spacial score (nSPS) is 15.0. The van der Waals surface area contributed by atoms with Gasteiger partial charge in [0.25, 0.3) is 5.69 Å². The van der Waals surface area contributed by atoms with Crippen molar-refractivity contribution in [2.45, 2.75) is 25.8 Å². The van der Waals surface area contributed by atoms with Crippen molar-refractivity contribution in [2.75, 3.05) is 30.4 Å². The Morgan fingerprint density at radius 1 is 1.28 bits per heavy atom. The van der Waals surface area contributed by atoms with Crippen LogP contribution < -0.4 is 15.0 Å². The summed E-state index contributed by atoms with van der Waals surface area (Å²) in [5, 5.41) is 14.3. The van der Waals surface area contributed by atoms with E-state index in [0.717, 1.165) is 31.7 Å². The van der Waals surface area contributed by atoms with E-state index in [1.165, 1.54) is 11.9 Å². The summed E-state index contributed by atoms with van der Waals surface area (Å²) in [6.07, 6.45) is 3.30. The largest absolute Gasteiger partial charge is 0.497 e. The van der Waals surface area contributed by atoms with Crippen LogP contribution in [0.15, 0.2) is 36.5 Å². The molecule has 132 valence electrons. The molecule has 1 N–H and O–H groups in total. The van der Waals surface area contributed by atoms with E-state index in [2.05, 4.69) is 27.3 Å². The summed E-state index contributed by atoms with van der Waals surface area (Å²) in [4.78, 5) is 17.0. The van der Waals surface area contributed by atoms with Gasteiger partial charge in [0.2, 0.25) is 0 Å². The van der Waals surface area contributed by atoms with Crippen LogP contribution in [0.1, 0.15) is 18.4 Å². The average molecular weight is 342 g/mol. The number of benzene rings is 1. The molecule has 0 unspecified atom stereocenters. The van der Waals surface area contributed by atoms with Gasteiger partial charge in [0.15, 0.2) is 0 Å². The van der Waals surface area contributed by atoms with Crippen LogP contribution in [-0.4, -0.2) is 36.1 Å². The molecule has 0 atom stereocenters. The Kier molecular flexibility index (Phi) is 5.02. The lowest BCUT2D eigenvalue weighted by molar-refractivity contribution is -0.385. The fourth-order valence-corrected chi connectivity index (χ4v) is 3.10. The molecule has 0 radical (unpaired) electrons. The fraction of sp³-hybridized carbons (Fsp3) is 0.389. The molecule has 1 fully saturated rings. The molecule has 0 aliphatic carbocycles. The van der Waals surface area contributed by atoms with Gasteiger partial charge in [-0.1, -0.05) is 0 Å². The van der Waals surface area contributed by atoms with E-state index in [0.29, 0.717) is 17.4 Å². The van der Waals surface area contributed by atoms with Crippen molar-refractivity contribution >= 4 is 17.2 Å². The zero-order chi connectivity index (χ0) is 17.8. The minimum absolute atomic E-state index is 0.0554. The molecule has 2 aromatic rings. The Hall–Kier alpha value is -2.83. The van der Waals surface area contributed by atoms with Crippen LogP contribution in [0.4, 0.5) is 17.2 Å². The first-order valence-electron chi connectivity index (χ1n) is 8.33. The van der Waals surface area contributed by atoms with E-state index < -0.39 is 4.92 Å². The lowest BCUT2D eigenvalue weighted by Crippen LogP contribution is -2.39. The number of hydrogen-bond acceptors (Lipinski definition) is 6. The van der Waals surface area contributed by atoms with Crippen LogP contribution in [0.5, 0.6) is 5.75 Å². The molecule has 1 aromatic heterocycles. The molecule has 3 rings (SSSR count). The van der Waals surface area contributed by atoms with Gasteiger partial charge in [0.1, 0.15) is 17.8 Å². The summed E-state index contributed by atoms with van der Waals surface area (Å²) < 4.78 is 5.20. The van der Waals surface area contributed by atoms with Crippen molar-refractivity contribution in [1.29, 1.82) is 0 Å². The Morgan fingerprint density at radius 3 is 2.52 bits per heavy atom. The van der Waals surface area contributed by atoms with Gasteiger partial charge in [-0.05, 0) is 50.1 Å². The third-order valence-corrected chi connectivity index (χ3v) is 4.56. The van der Waals surface area contributed by atoms with E-state index >= 15 is 0 Å². The first-order chi connectivity index (χ1) is 12.1. The van der Waals surface area contributed by atoms with Crippen LogP contribution in [0.25, 0.3) is 0 Å². The van der Waals surface area contributed by atoms with Gasteiger partial charge < -0.3 is 15.0 Å². The highest BCUT2D eigenvalue weighted by Crippen LogP contribution is 2.25. The second-order valence-electron chi connectivity index (χ2n) is 6.22. The summed E-state index contributed by atoms with van der Waals surface area (Å²) in [6, 6.07) is 10.2. The van der Waals surface area contributed by atoms with E-state index in [-0.39, 0.29) is 5.69 Å². The number of anilines is 2. The minimum Gasteiger partial charge on any atom is -0.497 e. The van der Waals surface area contributed by atoms with Gasteiger partial charge in [-0.2, -0.15) is 0 Å². The van der Waals surface area contributed by atoms with Crippen LogP contribution in [0.2, 0.25) is 0 Å². The van der Waals surface area contributed by atoms with Crippen LogP contribution >= 0.6 is 0 Å². The zero-order valence-electron chi connectivity index (χ0n) is 14.4. The van der Waals surface area contributed by atoms with Crippen molar-refractivity contribution in [2.24, 2.45) is 0 Å². The Morgan fingerprint density at radius 2 is 1.96 bits per heavy atom. The second kappa shape index (κ2) is 7.38. The highest BCUT2D eigenvalue weighted by molar-refractivity contribution is 5.50. The molecule has 1 aromatic carbocycles. The number of methoxy groups -OCH3 is 1. The number of rotatable bonds is 5. The topological polar surface area (TPSA) is 80.5 Å². The molecule has 0 amide bonds. The number of aromatic nitrogens is 1. The van der Waals surface area contributed by atoms with E-state index in [1.54, 1.807) is 20.1 Å². The molecule has 1 aliphatic heterocycles. The highest BCUT2D eigenvalue weighted by Gasteiger charge is 2.20. The van der Waals surface area contributed by atoms with Crippen molar-refractivity contribution < 1.29 is 9.66 Å². The van der Waals surface area contributed by atoms with Gasteiger partial charge in [-0.25, -0.2) is 4.98 Å². The molecule has 7 heteroatoms. The predicted molar refractivity (Wildman–Crippen MR) is 97.5 cm³/mol. The number of ether oxygens (including phenoxy) is 1. The standard InChI is InChI=1S/C18H22N4O3/c1-13-11-18(19-12-17(13)22(23)24)20-14-7-9-21(10-8-14)15-3-5-16(25-2)6-4-15/h3-6,11-12,14H,7-10H2,1-2H3,(H,19,20). The predicted octanol–water partition coefficient (Wildman–Crippen LogP) is 3.39. The smallest absolute Gasteiger partial charge is 0.290 e. The number of nitro groups is 1. The lowest BCUT2D eigenvalue weighted by Gasteiger charge is -2.34. The maximum atomic E-state index is 10.9. The molecular formula is C18H22N4O3. The van der Waals surface area contributed by atoms with Crippen molar-refractivity contribution in [3.63, 3.8) is 0 Å². The second-order valence-corrected chi connectivity index (χ2v) is 6.22.